The lowest BCUT2D eigenvalue weighted by Gasteiger charge is -2.08. The first-order valence-electron chi connectivity index (χ1n) is 12.6. The van der Waals surface area contributed by atoms with E-state index in [1.165, 1.54) is 0 Å². The van der Waals surface area contributed by atoms with Crippen molar-refractivity contribution in [2.75, 3.05) is 0 Å². The highest BCUT2D eigenvalue weighted by Gasteiger charge is 2.25. The lowest BCUT2D eigenvalue weighted by Crippen LogP contribution is -2.14. The van der Waals surface area contributed by atoms with Crippen LogP contribution in [0.2, 0.25) is 0 Å². The second-order valence-corrected chi connectivity index (χ2v) is 9.89. The molecule has 176 valence electrons. The average molecular weight is 488 g/mol. The molecule has 0 saturated heterocycles. The average Bonchev–Trinajstić information content (AvgIpc) is 3.52. The van der Waals surface area contributed by atoms with E-state index in [0.29, 0.717) is 22.1 Å². The molecule has 4 aromatic heterocycles. The number of nitrogens with zero attached hydrogens (tertiary/aromatic N) is 3. The molecule has 0 saturated carbocycles. The summed E-state index contributed by atoms with van der Waals surface area (Å²) in [5, 5.41) is 7.07. The van der Waals surface area contributed by atoms with E-state index in [-0.39, 0.29) is 11.1 Å². The number of imidazole rings is 1. The summed E-state index contributed by atoms with van der Waals surface area (Å²) >= 11 is 0. The van der Waals surface area contributed by atoms with E-state index in [4.69, 9.17) is 4.98 Å². The van der Waals surface area contributed by atoms with Gasteiger partial charge in [0.15, 0.2) is 0 Å². The normalized spacial score (nSPS) is 12.4. The zero-order valence-electron chi connectivity index (χ0n) is 20.0. The van der Waals surface area contributed by atoms with Crippen LogP contribution in [0.3, 0.4) is 0 Å². The van der Waals surface area contributed by atoms with Crippen LogP contribution in [0, 0.1) is 0 Å². The number of rotatable bonds is 1. The summed E-state index contributed by atoms with van der Waals surface area (Å²) in [4.78, 5) is 32.9. The number of hydrogen-bond acceptors (Lipinski definition) is 3. The highest BCUT2D eigenvalue weighted by molar-refractivity contribution is 6.32. The molecule has 0 bridgehead atoms. The highest BCUT2D eigenvalue weighted by Crippen LogP contribution is 2.42. The van der Waals surface area contributed by atoms with Gasteiger partial charge >= 0.3 is 0 Å². The third-order valence-electron chi connectivity index (χ3n) is 8.00. The van der Waals surface area contributed by atoms with Gasteiger partial charge in [0.1, 0.15) is 5.82 Å². The largest absolute Gasteiger partial charge is 0.275 e. The summed E-state index contributed by atoms with van der Waals surface area (Å²) in [5.41, 5.74) is 3.92. The molecule has 0 aliphatic rings. The molecule has 9 rings (SSSR count). The Bertz CT molecular complexity index is 2540. The van der Waals surface area contributed by atoms with Crippen molar-refractivity contribution in [1.82, 2.24) is 13.8 Å². The van der Waals surface area contributed by atoms with Crippen LogP contribution in [0.5, 0.6) is 0 Å². The van der Waals surface area contributed by atoms with Crippen molar-refractivity contribution in [2.24, 2.45) is 0 Å². The molecule has 0 spiro atoms. The van der Waals surface area contributed by atoms with Crippen molar-refractivity contribution < 1.29 is 0 Å². The first-order chi connectivity index (χ1) is 18.7. The van der Waals surface area contributed by atoms with Crippen LogP contribution < -0.4 is 11.1 Å². The molecule has 0 fully saturated rings. The van der Waals surface area contributed by atoms with Crippen LogP contribution in [0.25, 0.3) is 76.5 Å². The van der Waals surface area contributed by atoms with E-state index in [0.717, 1.165) is 54.4 Å². The minimum atomic E-state index is -0.0916. The predicted octanol–water partition coefficient (Wildman–Crippen LogP) is 6.62. The number of aromatic nitrogens is 3. The fourth-order valence-corrected chi connectivity index (χ4v) is 6.48. The van der Waals surface area contributed by atoms with Crippen molar-refractivity contribution in [2.45, 2.75) is 0 Å². The van der Waals surface area contributed by atoms with Gasteiger partial charge in [0.25, 0.3) is 11.1 Å². The Hall–Kier alpha value is -5.29. The smallest absolute Gasteiger partial charge is 0.264 e. The molecule has 0 amide bonds. The molecular weight excluding hydrogens is 470 g/mol. The Labute approximate surface area is 214 Å². The topological polar surface area (TPSA) is 55.8 Å². The Balaban J connectivity index is 1.67. The van der Waals surface area contributed by atoms with Crippen molar-refractivity contribution in [3.8, 4) is 11.4 Å². The summed E-state index contributed by atoms with van der Waals surface area (Å²) in [6, 6.07) is 33.5. The van der Waals surface area contributed by atoms with Gasteiger partial charge in [-0.3, -0.25) is 18.4 Å². The molecule has 0 aliphatic heterocycles. The van der Waals surface area contributed by atoms with E-state index in [1.54, 1.807) is 4.40 Å². The van der Waals surface area contributed by atoms with Gasteiger partial charge in [-0.1, -0.05) is 84.9 Å². The molecule has 9 aromatic rings. The Morgan fingerprint density at radius 1 is 0.500 bits per heavy atom. The maximum Gasteiger partial charge on any atom is 0.264 e. The maximum atomic E-state index is 14.0. The van der Waals surface area contributed by atoms with E-state index in [2.05, 4.69) is 18.2 Å². The maximum absolute atomic E-state index is 14.0. The zero-order valence-corrected chi connectivity index (χ0v) is 20.0. The molecule has 5 aromatic carbocycles. The van der Waals surface area contributed by atoms with Gasteiger partial charge in [-0.05, 0) is 29.0 Å². The van der Waals surface area contributed by atoms with E-state index in [9.17, 15) is 9.59 Å². The zero-order chi connectivity index (χ0) is 25.1. The number of fused-ring (bicyclic) bond motifs is 8. The molecule has 0 unspecified atom stereocenters. The van der Waals surface area contributed by atoms with Gasteiger partial charge in [-0.25, -0.2) is 4.98 Å². The standard InChI is InChI=1S/C33H17N3O2/c37-32-22-13-6-4-11-19(22)21-15-8-16-24-27-26(35(32)29(21)24)17-25-30-28(27)20-12-5-7-14-23(20)33(38)36(30)31(34-25)18-9-2-1-3-10-18/h1-17H. The monoisotopic (exact) mass is 487 g/mol. The van der Waals surface area contributed by atoms with Gasteiger partial charge in [0.05, 0.1) is 22.1 Å². The quantitative estimate of drug-likeness (QED) is 0.245. The van der Waals surface area contributed by atoms with Crippen LogP contribution in [0.4, 0.5) is 0 Å². The SMILES string of the molecule is O=c1c2ccccc2c2c3c4cccc5c6ccccc6c(=O)n(c3cc3nc(-c6ccccc6)n1c32)c54. The first kappa shape index (κ1) is 19.8. The second-order valence-electron chi connectivity index (χ2n) is 9.89. The summed E-state index contributed by atoms with van der Waals surface area (Å²) in [7, 11) is 0. The van der Waals surface area contributed by atoms with Crippen molar-refractivity contribution in [1.29, 1.82) is 0 Å². The summed E-state index contributed by atoms with van der Waals surface area (Å²) < 4.78 is 3.60. The first-order valence-corrected chi connectivity index (χ1v) is 12.6. The molecule has 38 heavy (non-hydrogen) atoms. The van der Waals surface area contributed by atoms with Gasteiger partial charge in [-0.15, -0.1) is 0 Å². The number of pyridine rings is 2. The molecule has 0 radical (unpaired) electrons. The minimum absolute atomic E-state index is 0.0475. The van der Waals surface area contributed by atoms with Crippen molar-refractivity contribution >= 4 is 65.2 Å². The molecule has 5 heteroatoms. The summed E-state index contributed by atoms with van der Waals surface area (Å²) in [6.07, 6.45) is 0. The molecule has 4 heterocycles. The third kappa shape index (κ3) is 2.21. The van der Waals surface area contributed by atoms with Gasteiger partial charge in [0, 0.05) is 37.9 Å². The predicted molar refractivity (Wildman–Crippen MR) is 154 cm³/mol. The Morgan fingerprint density at radius 3 is 1.89 bits per heavy atom. The molecule has 0 aliphatic carbocycles. The third-order valence-corrected chi connectivity index (χ3v) is 8.00. The molecular formula is C33H17N3O2. The lowest BCUT2D eigenvalue weighted by atomic mass is 9.99. The fraction of sp³-hybridized carbons (Fsp3) is 0. The van der Waals surface area contributed by atoms with Crippen LogP contribution in [-0.2, 0) is 0 Å². The van der Waals surface area contributed by atoms with Crippen molar-refractivity contribution in [3.05, 3.63) is 124 Å². The number of para-hydroxylation sites is 1. The second kappa shape index (κ2) is 6.72. The van der Waals surface area contributed by atoms with E-state index >= 15 is 0 Å². The highest BCUT2D eigenvalue weighted by atomic mass is 16.1. The van der Waals surface area contributed by atoms with Crippen LogP contribution in [0.1, 0.15) is 0 Å². The Morgan fingerprint density at radius 2 is 1.11 bits per heavy atom. The summed E-state index contributed by atoms with van der Waals surface area (Å²) in [6.45, 7) is 0. The minimum Gasteiger partial charge on any atom is -0.275 e. The van der Waals surface area contributed by atoms with E-state index in [1.807, 2.05) is 89.3 Å². The van der Waals surface area contributed by atoms with Crippen LogP contribution in [0.15, 0.2) is 113 Å². The van der Waals surface area contributed by atoms with Crippen molar-refractivity contribution in [3.63, 3.8) is 0 Å². The van der Waals surface area contributed by atoms with Gasteiger partial charge < -0.3 is 0 Å². The molecule has 0 atom stereocenters. The van der Waals surface area contributed by atoms with Crippen LogP contribution in [-0.4, -0.2) is 13.8 Å². The lowest BCUT2D eigenvalue weighted by molar-refractivity contribution is 1.13. The van der Waals surface area contributed by atoms with Gasteiger partial charge in [0.2, 0.25) is 0 Å². The molecule has 5 nitrogen and oxygen atoms in total. The van der Waals surface area contributed by atoms with E-state index < -0.39 is 0 Å². The summed E-state index contributed by atoms with van der Waals surface area (Å²) in [5.74, 6) is 0.606. The fourth-order valence-electron chi connectivity index (χ4n) is 6.48. The number of hydrogen-bond donors (Lipinski definition) is 0. The Kier molecular flexibility index (Phi) is 3.51. The molecule has 0 N–H and O–H groups in total. The van der Waals surface area contributed by atoms with Gasteiger partial charge in [-0.2, -0.15) is 0 Å². The number of benzene rings is 5. The van der Waals surface area contributed by atoms with Crippen LogP contribution >= 0.6 is 0 Å².